The van der Waals surface area contributed by atoms with Crippen molar-refractivity contribution in [2.45, 2.75) is 19.4 Å². The Balaban J connectivity index is 1.41. The van der Waals surface area contributed by atoms with Crippen LogP contribution in [0.1, 0.15) is 46.5 Å². The zero-order chi connectivity index (χ0) is 18.6. The zero-order valence-electron chi connectivity index (χ0n) is 15.1. The number of oxime groups is 1. The van der Waals surface area contributed by atoms with Gasteiger partial charge in [-0.05, 0) is 30.2 Å². The molecule has 27 heavy (non-hydrogen) atoms. The van der Waals surface area contributed by atoms with Gasteiger partial charge in [-0.2, -0.15) is 0 Å². The van der Waals surface area contributed by atoms with Crippen molar-refractivity contribution in [2.75, 3.05) is 19.7 Å². The molecule has 2 heterocycles. The standard InChI is InChI=1S/C21H21N3O3/c1-2-26-21(25)17-9-5-15(6-10-17)19-13-18(24-27-19)14-3-7-16(8-4-14)20-22-11-12-23-20/h3-10,19H,2,11-13H2,1H3,(H,22,23). The van der Waals surface area contributed by atoms with Crippen molar-refractivity contribution in [3.8, 4) is 0 Å². The van der Waals surface area contributed by atoms with E-state index in [1.807, 2.05) is 24.3 Å². The highest BCUT2D eigenvalue weighted by Gasteiger charge is 2.24. The Morgan fingerprint density at radius 2 is 1.89 bits per heavy atom. The summed E-state index contributed by atoms with van der Waals surface area (Å²) >= 11 is 0. The van der Waals surface area contributed by atoms with E-state index in [1.54, 1.807) is 19.1 Å². The summed E-state index contributed by atoms with van der Waals surface area (Å²) in [6, 6.07) is 15.5. The third-order valence-electron chi connectivity index (χ3n) is 4.63. The molecule has 1 unspecified atom stereocenters. The Morgan fingerprint density at radius 1 is 1.15 bits per heavy atom. The molecule has 0 amide bonds. The van der Waals surface area contributed by atoms with Crippen molar-refractivity contribution in [2.24, 2.45) is 10.1 Å². The average Bonchev–Trinajstić information content (AvgIpc) is 3.41. The molecule has 0 saturated heterocycles. The van der Waals surface area contributed by atoms with Crippen LogP contribution in [0.2, 0.25) is 0 Å². The molecule has 6 heteroatoms. The number of rotatable bonds is 5. The molecule has 0 aliphatic carbocycles. The highest BCUT2D eigenvalue weighted by atomic mass is 16.6. The van der Waals surface area contributed by atoms with Gasteiger partial charge in [-0.1, -0.05) is 41.6 Å². The monoisotopic (exact) mass is 363 g/mol. The summed E-state index contributed by atoms with van der Waals surface area (Å²) in [6.45, 7) is 3.88. The maximum absolute atomic E-state index is 11.7. The number of carbonyl (C=O) groups is 1. The Morgan fingerprint density at radius 3 is 2.56 bits per heavy atom. The molecule has 0 radical (unpaired) electrons. The lowest BCUT2D eigenvalue weighted by Gasteiger charge is -2.09. The molecule has 4 rings (SSSR count). The van der Waals surface area contributed by atoms with Crippen LogP contribution in [0.25, 0.3) is 0 Å². The van der Waals surface area contributed by atoms with Gasteiger partial charge >= 0.3 is 5.97 Å². The molecule has 0 saturated carbocycles. The molecule has 2 aliphatic rings. The van der Waals surface area contributed by atoms with Crippen LogP contribution in [0.15, 0.2) is 58.7 Å². The number of ether oxygens (including phenoxy) is 1. The van der Waals surface area contributed by atoms with E-state index < -0.39 is 0 Å². The molecule has 0 bridgehead atoms. The van der Waals surface area contributed by atoms with Crippen LogP contribution in [0.3, 0.4) is 0 Å². The molecule has 2 aromatic rings. The van der Waals surface area contributed by atoms with E-state index in [-0.39, 0.29) is 12.1 Å². The van der Waals surface area contributed by atoms with Gasteiger partial charge in [-0.15, -0.1) is 0 Å². The van der Waals surface area contributed by atoms with Crippen LogP contribution >= 0.6 is 0 Å². The number of nitrogens with zero attached hydrogens (tertiary/aromatic N) is 2. The predicted octanol–water partition coefficient (Wildman–Crippen LogP) is 3.08. The van der Waals surface area contributed by atoms with Crippen molar-refractivity contribution in [3.05, 3.63) is 70.8 Å². The zero-order valence-corrected chi connectivity index (χ0v) is 15.1. The summed E-state index contributed by atoms with van der Waals surface area (Å²) in [5.41, 5.74) is 4.58. The van der Waals surface area contributed by atoms with Crippen LogP contribution < -0.4 is 5.32 Å². The minimum atomic E-state index is -0.310. The van der Waals surface area contributed by atoms with Crippen molar-refractivity contribution < 1.29 is 14.4 Å². The first-order valence-electron chi connectivity index (χ1n) is 9.13. The van der Waals surface area contributed by atoms with Gasteiger partial charge < -0.3 is 14.9 Å². The number of nitrogens with one attached hydrogen (secondary N) is 1. The topological polar surface area (TPSA) is 72.3 Å². The molecule has 0 aromatic heterocycles. The summed E-state index contributed by atoms with van der Waals surface area (Å²) in [7, 11) is 0. The number of carbonyl (C=O) groups excluding carboxylic acids is 1. The maximum atomic E-state index is 11.7. The number of benzene rings is 2. The Kier molecular flexibility index (Phi) is 4.87. The number of hydrogen-bond donors (Lipinski definition) is 1. The summed E-state index contributed by atoms with van der Waals surface area (Å²) in [4.78, 5) is 21.8. The third kappa shape index (κ3) is 3.69. The first-order valence-corrected chi connectivity index (χ1v) is 9.13. The minimum absolute atomic E-state index is 0.142. The molecule has 2 aromatic carbocycles. The third-order valence-corrected chi connectivity index (χ3v) is 4.63. The fraction of sp³-hybridized carbons (Fsp3) is 0.286. The van der Waals surface area contributed by atoms with Crippen molar-refractivity contribution in [1.82, 2.24) is 5.32 Å². The van der Waals surface area contributed by atoms with Gasteiger partial charge in [0.25, 0.3) is 0 Å². The Hall–Kier alpha value is -3.15. The van der Waals surface area contributed by atoms with Gasteiger partial charge in [-0.3, -0.25) is 4.99 Å². The SMILES string of the molecule is CCOC(=O)c1ccc(C2CC(c3ccc(C4=NCCN4)cc3)=NO2)cc1. The predicted molar refractivity (Wildman–Crippen MR) is 103 cm³/mol. The van der Waals surface area contributed by atoms with Crippen LogP contribution in [-0.2, 0) is 9.57 Å². The second-order valence-electron chi connectivity index (χ2n) is 6.41. The van der Waals surface area contributed by atoms with Crippen LogP contribution in [0.5, 0.6) is 0 Å². The second kappa shape index (κ2) is 7.61. The number of hydrogen-bond acceptors (Lipinski definition) is 6. The van der Waals surface area contributed by atoms with Crippen LogP contribution in [-0.4, -0.2) is 37.2 Å². The normalized spacial score (nSPS) is 18.3. The van der Waals surface area contributed by atoms with E-state index in [4.69, 9.17) is 9.57 Å². The summed E-state index contributed by atoms with van der Waals surface area (Å²) < 4.78 is 5.01. The fourth-order valence-corrected chi connectivity index (χ4v) is 3.19. The molecule has 1 atom stereocenters. The lowest BCUT2D eigenvalue weighted by atomic mass is 9.99. The molecule has 138 valence electrons. The number of esters is 1. The fourth-order valence-electron chi connectivity index (χ4n) is 3.19. The summed E-state index contributed by atoms with van der Waals surface area (Å²) in [6.07, 6.45) is 0.550. The molecular weight excluding hydrogens is 342 g/mol. The number of amidine groups is 1. The van der Waals surface area contributed by atoms with E-state index in [0.29, 0.717) is 18.6 Å². The number of aliphatic imine (C=N–C) groups is 1. The Bertz CT molecular complexity index is 886. The van der Waals surface area contributed by atoms with Crippen molar-refractivity contribution in [3.63, 3.8) is 0 Å². The first kappa shape index (κ1) is 17.3. The van der Waals surface area contributed by atoms with Crippen molar-refractivity contribution >= 4 is 17.5 Å². The van der Waals surface area contributed by atoms with Gasteiger partial charge in [-0.25, -0.2) is 4.79 Å². The van der Waals surface area contributed by atoms with Gasteiger partial charge in [0.05, 0.1) is 24.4 Å². The largest absolute Gasteiger partial charge is 0.462 e. The van der Waals surface area contributed by atoms with E-state index in [9.17, 15) is 4.79 Å². The smallest absolute Gasteiger partial charge is 0.338 e. The minimum Gasteiger partial charge on any atom is -0.462 e. The quantitative estimate of drug-likeness (QED) is 0.829. The lowest BCUT2D eigenvalue weighted by molar-refractivity contribution is 0.0526. The van der Waals surface area contributed by atoms with Crippen LogP contribution in [0.4, 0.5) is 0 Å². The lowest BCUT2D eigenvalue weighted by Crippen LogP contribution is -2.19. The van der Waals surface area contributed by atoms with E-state index in [2.05, 4.69) is 27.6 Å². The summed E-state index contributed by atoms with van der Waals surface area (Å²) in [5, 5.41) is 7.53. The average molecular weight is 363 g/mol. The van der Waals surface area contributed by atoms with Gasteiger partial charge in [0.2, 0.25) is 0 Å². The van der Waals surface area contributed by atoms with Gasteiger partial charge in [0.15, 0.2) is 6.10 Å². The van der Waals surface area contributed by atoms with E-state index >= 15 is 0 Å². The summed E-state index contributed by atoms with van der Waals surface area (Å²) in [5.74, 6) is 0.639. The van der Waals surface area contributed by atoms with Crippen molar-refractivity contribution in [1.29, 1.82) is 0 Å². The first-order chi connectivity index (χ1) is 13.2. The molecule has 6 nitrogen and oxygen atoms in total. The molecular formula is C21H21N3O3. The highest BCUT2D eigenvalue weighted by Crippen LogP contribution is 2.29. The van der Waals surface area contributed by atoms with Gasteiger partial charge in [0.1, 0.15) is 5.84 Å². The Labute approximate surface area is 157 Å². The second-order valence-corrected chi connectivity index (χ2v) is 6.41. The van der Waals surface area contributed by atoms with E-state index in [0.717, 1.165) is 41.3 Å². The molecule has 0 spiro atoms. The molecule has 0 fully saturated rings. The van der Waals surface area contributed by atoms with Crippen LogP contribution in [0, 0.1) is 0 Å². The molecule has 1 N–H and O–H groups in total. The van der Waals surface area contributed by atoms with Gasteiger partial charge in [0, 0.05) is 18.5 Å². The highest BCUT2D eigenvalue weighted by molar-refractivity contribution is 6.03. The van der Waals surface area contributed by atoms with E-state index in [1.165, 1.54) is 0 Å². The molecule has 2 aliphatic heterocycles. The maximum Gasteiger partial charge on any atom is 0.338 e.